The smallest absolute Gasteiger partial charge is 0.237 e. The molecule has 5 nitrogen and oxygen atoms in total. The molecular weight excluding hydrogens is 208 g/mol. The second kappa shape index (κ2) is 6.83. The summed E-state index contributed by atoms with van der Waals surface area (Å²) < 4.78 is 5.07. The van der Waals surface area contributed by atoms with Gasteiger partial charge in [-0.05, 0) is 26.7 Å². The van der Waals surface area contributed by atoms with Gasteiger partial charge in [-0.1, -0.05) is 0 Å². The van der Waals surface area contributed by atoms with Crippen molar-refractivity contribution >= 4 is 5.91 Å². The van der Waals surface area contributed by atoms with Crippen molar-refractivity contribution in [3.63, 3.8) is 0 Å². The van der Waals surface area contributed by atoms with E-state index in [0.29, 0.717) is 25.8 Å². The van der Waals surface area contributed by atoms with E-state index in [0.717, 1.165) is 12.8 Å². The molecule has 0 aromatic rings. The second-order valence-corrected chi connectivity index (χ2v) is 4.23. The first-order valence-electron chi connectivity index (χ1n) is 5.93. The summed E-state index contributed by atoms with van der Waals surface area (Å²) in [6.45, 7) is 4.95. The summed E-state index contributed by atoms with van der Waals surface area (Å²) in [6.07, 6.45) is 1.62. The zero-order valence-corrected chi connectivity index (χ0v) is 10.0. The van der Waals surface area contributed by atoms with Crippen LogP contribution in [0.5, 0.6) is 0 Å². The van der Waals surface area contributed by atoms with Gasteiger partial charge in [-0.25, -0.2) is 0 Å². The third-order valence-corrected chi connectivity index (χ3v) is 2.49. The molecule has 94 valence electrons. The number of carbonyl (C=O) groups excluding carboxylic acids is 1. The third kappa shape index (κ3) is 5.44. The standard InChI is InChI=1S/C11H22N2O3/c1-3-16-7-10(14)6-12-8(2)11(15)13-9-4-5-9/h8-10,12,14H,3-7H2,1-2H3,(H,13,15). The van der Waals surface area contributed by atoms with Crippen molar-refractivity contribution in [3.05, 3.63) is 0 Å². The molecule has 1 aliphatic carbocycles. The van der Waals surface area contributed by atoms with Crippen LogP contribution in [0.25, 0.3) is 0 Å². The molecule has 0 aromatic carbocycles. The van der Waals surface area contributed by atoms with Gasteiger partial charge in [0, 0.05) is 19.2 Å². The van der Waals surface area contributed by atoms with E-state index in [1.165, 1.54) is 0 Å². The van der Waals surface area contributed by atoms with Crippen molar-refractivity contribution in [1.82, 2.24) is 10.6 Å². The molecule has 5 heteroatoms. The average molecular weight is 230 g/mol. The largest absolute Gasteiger partial charge is 0.389 e. The van der Waals surface area contributed by atoms with Crippen molar-refractivity contribution in [2.45, 2.75) is 44.9 Å². The molecule has 1 aliphatic rings. The quantitative estimate of drug-likeness (QED) is 0.532. The molecule has 0 spiro atoms. The summed E-state index contributed by atoms with van der Waals surface area (Å²) in [5.74, 6) is 0.00566. The first-order chi connectivity index (χ1) is 7.63. The summed E-state index contributed by atoms with van der Waals surface area (Å²) in [5.41, 5.74) is 0. The predicted molar refractivity (Wildman–Crippen MR) is 61.1 cm³/mol. The molecule has 1 fully saturated rings. The lowest BCUT2D eigenvalue weighted by Gasteiger charge is -2.16. The topological polar surface area (TPSA) is 70.6 Å². The Kier molecular flexibility index (Phi) is 5.73. The van der Waals surface area contributed by atoms with Gasteiger partial charge in [0.05, 0.1) is 18.8 Å². The zero-order chi connectivity index (χ0) is 12.0. The Morgan fingerprint density at radius 2 is 2.25 bits per heavy atom. The Labute approximate surface area is 96.6 Å². The van der Waals surface area contributed by atoms with Gasteiger partial charge in [-0.15, -0.1) is 0 Å². The van der Waals surface area contributed by atoms with Crippen molar-refractivity contribution in [3.8, 4) is 0 Å². The van der Waals surface area contributed by atoms with Crippen LogP contribution in [0, 0.1) is 0 Å². The SMILES string of the molecule is CCOCC(O)CNC(C)C(=O)NC1CC1. The Morgan fingerprint density at radius 1 is 1.56 bits per heavy atom. The molecule has 0 saturated heterocycles. The molecular formula is C11H22N2O3. The van der Waals surface area contributed by atoms with Crippen LogP contribution >= 0.6 is 0 Å². The van der Waals surface area contributed by atoms with Gasteiger partial charge < -0.3 is 20.5 Å². The van der Waals surface area contributed by atoms with Gasteiger partial charge in [0.25, 0.3) is 0 Å². The van der Waals surface area contributed by atoms with E-state index in [4.69, 9.17) is 4.74 Å². The molecule has 1 rings (SSSR count). The fraction of sp³-hybridized carbons (Fsp3) is 0.909. The fourth-order valence-corrected chi connectivity index (χ4v) is 1.27. The molecule has 0 bridgehead atoms. The molecule has 2 atom stereocenters. The van der Waals surface area contributed by atoms with E-state index in [1.54, 1.807) is 6.92 Å². The van der Waals surface area contributed by atoms with Gasteiger partial charge in [-0.2, -0.15) is 0 Å². The van der Waals surface area contributed by atoms with Gasteiger partial charge >= 0.3 is 0 Å². The Morgan fingerprint density at radius 3 is 2.81 bits per heavy atom. The second-order valence-electron chi connectivity index (χ2n) is 4.23. The van der Waals surface area contributed by atoms with Crippen molar-refractivity contribution in [1.29, 1.82) is 0 Å². The van der Waals surface area contributed by atoms with Gasteiger partial charge in [-0.3, -0.25) is 4.79 Å². The molecule has 16 heavy (non-hydrogen) atoms. The maximum Gasteiger partial charge on any atom is 0.237 e. The first-order valence-corrected chi connectivity index (χ1v) is 5.93. The highest BCUT2D eigenvalue weighted by atomic mass is 16.5. The van der Waals surface area contributed by atoms with E-state index >= 15 is 0 Å². The number of ether oxygens (including phenoxy) is 1. The summed E-state index contributed by atoms with van der Waals surface area (Å²) in [7, 11) is 0. The molecule has 0 heterocycles. The first kappa shape index (κ1) is 13.4. The van der Waals surface area contributed by atoms with Crippen LogP contribution in [-0.2, 0) is 9.53 Å². The number of hydrogen-bond acceptors (Lipinski definition) is 4. The van der Waals surface area contributed by atoms with E-state index in [-0.39, 0.29) is 11.9 Å². The zero-order valence-electron chi connectivity index (χ0n) is 10.0. The number of rotatable bonds is 8. The lowest BCUT2D eigenvalue weighted by atomic mass is 10.3. The normalized spacial score (nSPS) is 19.2. The number of aliphatic hydroxyl groups is 1. The highest BCUT2D eigenvalue weighted by molar-refractivity contribution is 5.81. The maximum atomic E-state index is 11.5. The molecule has 3 N–H and O–H groups in total. The monoisotopic (exact) mass is 230 g/mol. The average Bonchev–Trinajstić information content (AvgIpc) is 3.06. The van der Waals surface area contributed by atoms with Gasteiger partial charge in [0.1, 0.15) is 0 Å². The van der Waals surface area contributed by atoms with E-state index in [2.05, 4.69) is 10.6 Å². The van der Waals surface area contributed by atoms with E-state index in [9.17, 15) is 9.90 Å². The minimum absolute atomic E-state index is 0.00566. The number of hydrogen-bond donors (Lipinski definition) is 3. The molecule has 0 aromatic heterocycles. The third-order valence-electron chi connectivity index (χ3n) is 2.49. The Hall–Kier alpha value is -0.650. The Balaban J connectivity index is 2.07. The number of carbonyl (C=O) groups is 1. The summed E-state index contributed by atoms with van der Waals surface area (Å²) in [5, 5.41) is 15.4. The highest BCUT2D eigenvalue weighted by Gasteiger charge is 2.25. The van der Waals surface area contributed by atoms with Crippen LogP contribution in [0.15, 0.2) is 0 Å². The van der Waals surface area contributed by atoms with Gasteiger partial charge in [0.15, 0.2) is 0 Å². The molecule has 0 radical (unpaired) electrons. The maximum absolute atomic E-state index is 11.5. The van der Waals surface area contributed by atoms with Crippen LogP contribution < -0.4 is 10.6 Å². The minimum Gasteiger partial charge on any atom is -0.389 e. The minimum atomic E-state index is -0.559. The highest BCUT2D eigenvalue weighted by Crippen LogP contribution is 2.18. The van der Waals surface area contributed by atoms with Crippen LogP contribution in [-0.4, -0.2) is 49.0 Å². The molecule has 1 saturated carbocycles. The van der Waals surface area contributed by atoms with Crippen molar-refractivity contribution in [2.24, 2.45) is 0 Å². The van der Waals surface area contributed by atoms with Crippen molar-refractivity contribution < 1.29 is 14.6 Å². The van der Waals surface area contributed by atoms with Crippen LogP contribution in [0.3, 0.4) is 0 Å². The molecule has 2 unspecified atom stereocenters. The van der Waals surface area contributed by atoms with Crippen LogP contribution in [0.2, 0.25) is 0 Å². The van der Waals surface area contributed by atoms with E-state index < -0.39 is 6.10 Å². The number of amides is 1. The van der Waals surface area contributed by atoms with E-state index in [1.807, 2.05) is 6.92 Å². The molecule has 0 aliphatic heterocycles. The summed E-state index contributed by atoms with van der Waals surface area (Å²) in [6, 6.07) is 0.113. The summed E-state index contributed by atoms with van der Waals surface area (Å²) in [4.78, 5) is 11.5. The summed E-state index contributed by atoms with van der Waals surface area (Å²) >= 11 is 0. The predicted octanol–water partition coefficient (Wildman–Crippen LogP) is -0.359. The molecule has 1 amide bonds. The lowest BCUT2D eigenvalue weighted by molar-refractivity contribution is -0.123. The number of nitrogens with one attached hydrogen (secondary N) is 2. The van der Waals surface area contributed by atoms with Crippen LogP contribution in [0.4, 0.5) is 0 Å². The van der Waals surface area contributed by atoms with Crippen molar-refractivity contribution in [2.75, 3.05) is 19.8 Å². The van der Waals surface area contributed by atoms with Crippen LogP contribution in [0.1, 0.15) is 26.7 Å². The fourth-order valence-electron chi connectivity index (χ4n) is 1.27. The Bertz CT molecular complexity index is 219. The lowest BCUT2D eigenvalue weighted by Crippen LogP contribution is -2.46. The van der Waals surface area contributed by atoms with Gasteiger partial charge in [0.2, 0.25) is 5.91 Å². The number of aliphatic hydroxyl groups excluding tert-OH is 1.